The van der Waals surface area contributed by atoms with Gasteiger partial charge in [0.25, 0.3) is 0 Å². The highest BCUT2D eigenvalue weighted by molar-refractivity contribution is 5.79. The van der Waals surface area contributed by atoms with Gasteiger partial charge < -0.3 is 29.4 Å². The first-order valence-corrected chi connectivity index (χ1v) is 16.5. The Morgan fingerprint density at radius 3 is 1.85 bits per heavy atom. The fourth-order valence-corrected chi connectivity index (χ4v) is 6.99. The molecule has 4 N–H and O–H groups in total. The van der Waals surface area contributed by atoms with Gasteiger partial charge in [-0.05, 0) is 122 Å². The number of fused-ring (bicyclic) bond motifs is 8. The number of methoxy groups -OCH3 is 2. The number of rotatable bonds is 9. The van der Waals surface area contributed by atoms with Gasteiger partial charge in [0.1, 0.15) is 0 Å². The molecular weight excluding hydrogens is 602 g/mol. The number of carbonyl (C=O) groups excluding carboxylic acids is 2. The third-order valence-corrected chi connectivity index (χ3v) is 9.79. The number of H-pyrrole nitrogens is 4. The Hall–Kier alpha value is -5.23. The summed E-state index contributed by atoms with van der Waals surface area (Å²) in [5.74, 6) is -0.600. The van der Waals surface area contributed by atoms with Crippen LogP contribution in [0.15, 0.2) is 12.2 Å². The molecule has 0 spiro atoms. The lowest BCUT2D eigenvalue weighted by atomic mass is 9.97. The first-order chi connectivity index (χ1) is 23.1. The first-order valence-electron chi connectivity index (χ1n) is 16.5. The Kier molecular flexibility index (Phi) is 10.1. The second-order valence-corrected chi connectivity index (χ2v) is 12.3. The molecule has 0 aliphatic carbocycles. The van der Waals surface area contributed by atoms with Crippen molar-refractivity contribution in [1.82, 2.24) is 19.9 Å². The monoisotopic (exact) mass is 647 g/mol. The molecule has 0 saturated carbocycles. The number of allylic oxidation sites excluding steroid dienone is 2. The molecule has 1 aliphatic heterocycles. The van der Waals surface area contributed by atoms with Crippen LogP contribution >= 0.6 is 0 Å². The summed E-state index contributed by atoms with van der Waals surface area (Å²) in [7, 11) is 2.79. The van der Waals surface area contributed by atoms with Crippen LogP contribution in [0.1, 0.15) is 94.0 Å². The minimum atomic E-state index is -0.300. The number of ether oxygens (including phenoxy) is 2. The molecule has 8 bridgehead atoms. The topological polar surface area (TPSA) is 140 Å². The van der Waals surface area contributed by atoms with Gasteiger partial charge in [0.05, 0.1) is 31.3 Å². The van der Waals surface area contributed by atoms with E-state index in [0.29, 0.717) is 12.8 Å². The lowest BCUT2D eigenvalue weighted by Gasteiger charge is -2.08. The van der Waals surface area contributed by atoms with Crippen LogP contribution in [-0.4, -0.2) is 46.1 Å². The quantitative estimate of drug-likeness (QED) is 0.162. The van der Waals surface area contributed by atoms with Gasteiger partial charge in [-0.2, -0.15) is 5.26 Å². The van der Waals surface area contributed by atoms with E-state index in [2.05, 4.69) is 85.8 Å². The molecule has 5 heterocycles. The molecule has 0 unspecified atom stereocenters. The normalized spacial score (nSPS) is 12.4. The largest absolute Gasteiger partial charge is 0.469 e. The van der Waals surface area contributed by atoms with Crippen molar-refractivity contribution >= 4 is 35.7 Å². The van der Waals surface area contributed by atoms with E-state index in [1.54, 1.807) is 6.08 Å². The molecule has 0 saturated heterocycles. The molecule has 0 aromatic carbocycles. The van der Waals surface area contributed by atoms with Crippen LogP contribution in [0, 0.1) is 39.0 Å². The van der Waals surface area contributed by atoms with Crippen molar-refractivity contribution in [2.75, 3.05) is 14.2 Å². The van der Waals surface area contributed by atoms with E-state index < -0.39 is 0 Å². The third-order valence-electron chi connectivity index (χ3n) is 9.79. The van der Waals surface area contributed by atoms with Crippen LogP contribution in [0.25, 0.3) is 23.8 Å². The van der Waals surface area contributed by atoms with E-state index in [0.717, 1.165) is 84.8 Å². The first kappa shape index (κ1) is 34.1. The molecule has 4 aromatic rings. The number of nitrogens with zero attached hydrogens (tertiary/aromatic N) is 1. The number of nitriles is 1. The second kappa shape index (κ2) is 14.3. The van der Waals surface area contributed by atoms with Gasteiger partial charge in [-0.3, -0.25) is 9.59 Å². The van der Waals surface area contributed by atoms with Crippen LogP contribution in [0.5, 0.6) is 0 Å². The van der Waals surface area contributed by atoms with Crippen molar-refractivity contribution in [1.29, 1.82) is 5.26 Å². The Balaban J connectivity index is 1.99. The van der Waals surface area contributed by atoms with Crippen LogP contribution in [-0.2, 0) is 44.7 Å². The standard InChI is InChI=1S/C39H45N5O4/c1-9-25-21(3)30-18-32-23(5)27(13-15-36(45)47-7)38(43-32)29(12-11-17-40)39-28(14-16-37(46)48-8)24(6)33(44-39)20-35-26(10-2)22(4)31(42-35)19-34(25)41-30/h11-12,18-20,41-44H,9-10,13-16H2,1-8H3. The minimum Gasteiger partial charge on any atom is -0.469 e. The Bertz CT molecular complexity index is 2230. The molecule has 0 amide bonds. The molecule has 0 radical (unpaired) electrons. The Labute approximate surface area is 280 Å². The number of hydrogen-bond acceptors (Lipinski definition) is 5. The average Bonchev–Trinajstić information content (AvgIpc) is 3.75. The van der Waals surface area contributed by atoms with Gasteiger partial charge in [-0.15, -0.1) is 0 Å². The predicted octanol–water partition coefficient (Wildman–Crippen LogP) is 3.65. The molecular formula is C39H45N5O4. The highest BCUT2D eigenvalue weighted by atomic mass is 16.5. The summed E-state index contributed by atoms with van der Waals surface area (Å²) in [4.78, 5) is 39.5. The predicted molar refractivity (Wildman–Crippen MR) is 188 cm³/mol. The van der Waals surface area contributed by atoms with Crippen molar-refractivity contribution in [3.05, 3.63) is 101 Å². The molecule has 0 fully saturated rings. The zero-order valence-corrected chi connectivity index (χ0v) is 29.2. The number of hydrogen-bond donors (Lipinski definition) is 4. The van der Waals surface area contributed by atoms with Crippen molar-refractivity contribution in [2.24, 2.45) is 0 Å². The van der Waals surface area contributed by atoms with Crippen LogP contribution in [0.4, 0.5) is 0 Å². The smallest absolute Gasteiger partial charge is 0.305 e. The van der Waals surface area contributed by atoms with Crippen molar-refractivity contribution < 1.29 is 19.1 Å². The lowest BCUT2D eigenvalue weighted by Crippen LogP contribution is -2.18. The highest BCUT2D eigenvalue weighted by Gasteiger charge is 2.21. The van der Waals surface area contributed by atoms with Gasteiger partial charge in [-0.25, -0.2) is 0 Å². The second-order valence-electron chi connectivity index (χ2n) is 12.3. The summed E-state index contributed by atoms with van der Waals surface area (Å²) in [5, 5.41) is 13.5. The number of carbonyl (C=O) groups is 2. The maximum absolute atomic E-state index is 12.4. The summed E-state index contributed by atoms with van der Waals surface area (Å²) in [6.07, 6.45) is 12.7. The number of esters is 2. The molecule has 48 heavy (non-hydrogen) atoms. The summed E-state index contributed by atoms with van der Waals surface area (Å²) in [6, 6.07) is 2.16. The summed E-state index contributed by atoms with van der Waals surface area (Å²) in [6.45, 7) is 12.8. The zero-order valence-electron chi connectivity index (χ0n) is 29.2. The number of aromatic amines is 4. The van der Waals surface area contributed by atoms with Crippen molar-refractivity contribution in [3.63, 3.8) is 0 Å². The van der Waals surface area contributed by atoms with E-state index in [-0.39, 0.29) is 24.8 Å². The fourth-order valence-electron chi connectivity index (χ4n) is 6.99. The molecule has 0 atom stereocenters. The summed E-state index contributed by atoms with van der Waals surface area (Å²) in [5.41, 5.74) is 13.3. The zero-order chi connectivity index (χ0) is 34.7. The fraction of sp³-hybridized carbons (Fsp3) is 0.359. The lowest BCUT2D eigenvalue weighted by molar-refractivity contribution is -0.141. The van der Waals surface area contributed by atoms with Gasteiger partial charge in [-0.1, -0.05) is 13.8 Å². The molecule has 250 valence electrons. The highest BCUT2D eigenvalue weighted by Crippen LogP contribution is 2.27. The molecule has 5 rings (SSSR count). The van der Waals surface area contributed by atoms with Crippen LogP contribution in [0.3, 0.4) is 0 Å². The van der Waals surface area contributed by atoms with Crippen molar-refractivity contribution in [3.8, 4) is 6.07 Å². The third kappa shape index (κ3) is 6.35. The summed E-state index contributed by atoms with van der Waals surface area (Å²) >= 11 is 0. The Morgan fingerprint density at radius 2 is 1.23 bits per heavy atom. The maximum atomic E-state index is 12.4. The van der Waals surface area contributed by atoms with Gasteiger partial charge in [0, 0.05) is 57.6 Å². The minimum absolute atomic E-state index is 0.198. The van der Waals surface area contributed by atoms with E-state index >= 15 is 0 Å². The molecule has 9 heteroatoms. The van der Waals surface area contributed by atoms with E-state index in [4.69, 9.17) is 9.47 Å². The SMILES string of the molecule is CCc1c2[nH]c(c1C)C=c1[nH]c(c(C)c1CC)=Cc1[nH]c(c(CCC(=O)OC)c1C)C(C=CC#N)=c1[nH]c(c(C)c1CCC(=O)OC)=C2. The average molecular weight is 648 g/mol. The number of aromatic nitrogens is 4. The maximum Gasteiger partial charge on any atom is 0.305 e. The number of nitrogens with one attached hydrogen (secondary N) is 4. The van der Waals surface area contributed by atoms with E-state index in [1.165, 1.54) is 42.5 Å². The Morgan fingerprint density at radius 1 is 0.688 bits per heavy atom. The van der Waals surface area contributed by atoms with E-state index in [9.17, 15) is 14.9 Å². The van der Waals surface area contributed by atoms with Gasteiger partial charge >= 0.3 is 11.9 Å². The summed E-state index contributed by atoms with van der Waals surface area (Å²) < 4.78 is 10.0. The molecule has 1 aliphatic rings. The van der Waals surface area contributed by atoms with Crippen LogP contribution < -0.4 is 21.4 Å². The molecule has 4 aromatic heterocycles. The van der Waals surface area contributed by atoms with Gasteiger partial charge in [0.2, 0.25) is 0 Å². The van der Waals surface area contributed by atoms with Gasteiger partial charge in [0.15, 0.2) is 0 Å². The van der Waals surface area contributed by atoms with Crippen molar-refractivity contribution in [2.45, 2.75) is 80.1 Å². The molecule has 9 nitrogen and oxygen atoms in total. The van der Waals surface area contributed by atoms with E-state index in [1.807, 2.05) is 0 Å². The van der Waals surface area contributed by atoms with Crippen LogP contribution in [0.2, 0.25) is 0 Å².